The fourth-order valence-corrected chi connectivity index (χ4v) is 3.53. The third-order valence-corrected chi connectivity index (χ3v) is 4.33. The van der Waals surface area contributed by atoms with Crippen molar-refractivity contribution in [3.63, 3.8) is 0 Å². The first-order valence-corrected chi connectivity index (χ1v) is 6.13. The molecule has 92 valence electrons. The number of hydrazine groups is 1. The van der Waals surface area contributed by atoms with Gasteiger partial charge in [-0.2, -0.15) is 0 Å². The number of nitrogens with two attached hydrogens (primary N) is 1. The van der Waals surface area contributed by atoms with Crippen LogP contribution in [0.3, 0.4) is 0 Å². The summed E-state index contributed by atoms with van der Waals surface area (Å²) in [5, 5.41) is 0. The number of hydrogen-bond acceptors (Lipinski definition) is 2. The highest BCUT2D eigenvalue weighted by molar-refractivity contribution is 5.26. The van der Waals surface area contributed by atoms with Crippen LogP contribution in [-0.4, -0.2) is 0 Å². The van der Waals surface area contributed by atoms with Crippen molar-refractivity contribution in [2.45, 2.75) is 25.3 Å². The molecule has 0 spiro atoms. The third-order valence-electron chi connectivity index (χ3n) is 4.33. The highest BCUT2D eigenvalue weighted by Gasteiger charge is 2.56. The molecule has 0 saturated heterocycles. The number of halogens is 2. The van der Waals surface area contributed by atoms with Gasteiger partial charge in [0.25, 0.3) is 0 Å². The Kier molecular flexibility index (Phi) is 2.64. The molecule has 2 fully saturated rings. The van der Waals surface area contributed by atoms with Gasteiger partial charge in [0.15, 0.2) is 0 Å². The Morgan fingerprint density at radius 3 is 2.59 bits per heavy atom. The maximum atomic E-state index is 13.7. The second-order valence-corrected chi connectivity index (χ2v) is 5.15. The van der Waals surface area contributed by atoms with E-state index in [0.29, 0.717) is 23.3 Å². The van der Waals surface area contributed by atoms with Gasteiger partial charge in [-0.15, -0.1) is 0 Å². The van der Waals surface area contributed by atoms with Crippen LogP contribution >= 0.6 is 0 Å². The molecule has 2 nitrogen and oxygen atoms in total. The van der Waals surface area contributed by atoms with Crippen LogP contribution in [0.15, 0.2) is 18.2 Å². The molecular weight excluding hydrogens is 222 g/mol. The van der Waals surface area contributed by atoms with E-state index in [1.54, 1.807) is 0 Å². The topological polar surface area (TPSA) is 38.0 Å². The van der Waals surface area contributed by atoms with Crippen LogP contribution in [0.1, 0.15) is 30.9 Å². The molecule has 1 aromatic rings. The molecule has 1 aromatic carbocycles. The molecule has 2 aliphatic carbocycles. The van der Waals surface area contributed by atoms with Gasteiger partial charge in [-0.1, -0.05) is 6.42 Å². The van der Waals surface area contributed by atoms with Crippen LogP contribution in [-0.2, 0) is 0 Å². The summed E-state index contributed by atoms with van der Waals surface area (Å²) in [6.07, 6.45) is 3.66. The third kappa shape index (κ3) is 1.76. The van der Waals surface area contributed by atoms with Gasteiger partial charge in [-0.25, -0.2) is 8.78 Å². The molecule has 3 N–H and O–H groups in total. The van der Waals surface area contributed by atoms with Crippen LogP contribution < -0.4 is 11.3 Å². The molecule has 4 heteroatoms. The minimum absolute atomic E-state index is 0.249. The molecule has 3 rings (SSSR count). The SMILES string of the molecule is NNC(c1cc(F)ccc1F)C1C2CCCC21. The molecule has 0 amide bonds. The van der Waals surface area contributed by atoms with Gasteiger partial charge in [0.05, 0.1) is 6.04 Å². The van der Waals surface area contributed by atoms with E-state index in [1.807, 2.05) is 0 Å². The fraction of sp³-hybridized carbons (Fsp3) is 0.538. The molecule has 17 heavy (non-hydrogen) atoms. The first-order valence-electron chi connectivity index (χ1n) is 6.13. The number of rotatable bonds is 3. The van der Waals surface area contributed by atoms with Crippen molar-refractivity contribution >= 4 is 0 Å². The standard InChI is InChI=1S/C13H16F2N2/c14-7-4-5-11(15)10(6-7)13(17-16)12-8-2-1-3-9(8)12/h4-6,8-9,12-13,17H,1-3,16H2. The van der Waals surface area contributed by atoms with Gasteiger partial charge < -0.3 is 0 Å². The predicted octanol–water partition coefficient (Wildman–Crippen LogP) is 2.52. The van der Waals surface area contributed by atoms with Crippen molar-refractivity contribution in [3.05, 3.63) is 35.4 Å². The van der Waals surface area contributed by atoms with Crippen molar-refractivity contribution in [2.75, 3.05) is 0 Å². The Morgan fingerprint density at radius 1 is 1.24 bits per heavy atom. The van der Waals surface area contributed by atoms with E-state index in [0.717, 1.165) is 6.07 Å². The van der Waals surface area contributed by atoms with E-state index in [1.165, 1.54) is 31.4 Å². The number of fused-ring (bicyclic) bond motifs is 1. The molecule has 0 heterocycles. The van der Waals surface area contributed by atoms with E-state index < -0.39 is 5.82 Å². The minimum Gasteiger partial charge on any atom is -0.271 e. The molecule has 2 aliphatic rings. The predicted molar refractivity (Wildman–Crippen MR) is 60.7 cm³/mol. The summed E-state index contributed by atoms with van der Waals surface area (Å²) in [4.78, 5) is 0. The lowest BCUT2D eigenvalue weighted by molar-refractivity contribution is 0.408. The lowest BCUT2D eigenvalue weighted by Gasteiger charge is -2.19. The summed E-state index contributed by atoms with van der Waals surface area (Å²) in [6.45, 7) is 0. The molecule has 2 saturated carbocycles. The van der Waals surface area contributed by atoms with Crippen molar-refractivity contribution in [1.82, 2.24) is 5.43 Å². The summed E-state index contributed by atoms with van der Waals surface area (Å²) in [7, 11) is 0. The second kappa shape index (κ2) is 4.03. The Bertz CT molecular complexity index is 425. The van der Waals surface area contributed by atoms with E-state index >= 15 is 0 Å². The Hall–Kier alpha value is -1.00. The maximum absolute atomic E-state index is 13.7. The van der Waals surface area contributed by atoms with E-state index in [2.05, 4.69) is 5.43 Å². The van der Waals surface area contributed by atoms with E-state index in [9.17, 15) is 8.78 Å². The highest BCUT2D eigenvalue weighted by Crippen LogP contribution is 2.62. The maximum Gasteiger partial charge on any atom is 0.128 e. The summed E-state index contributed by atoms with van der Waals surface area (Å²) in [6, 6.07) is 3.32. The van der Waals surface area contributed by atoms with Crippen molar-refractivity contribution < 1.29 is 8.78 Å². The zero-order chi connectivity index (χ0) is 12.0. The van der Waals surface area contributed by atoms with Gasteiger partial charge in [0, 0.05) is 5.56 Å². The molecule has 3 atom stereocenters. The zero-order valence-corrected chi connectivity index (χ0v) is 9.50. The van der Waals surface area contributed by atoms with E-state index in [4.69, 9.17) is 5.84 Å². The highest BCUT2D eigenvalue weighted by atomic mass is 19.1. The molecule has 0 radical (unpaired) electrons. The van der Waals surface area contributed by atoms with Crippen LogP contribution in [0.2, 0.25) is 0 Å². The number of benzene rings is 1. The smallest absolute Gasteiger partial charge is 0.128 e. The van der Waals surface area contributed by atoms with Gasteiger partial charge in [0.1, 0.15) is 11.6 Å². The number of nitrogens with one attached hydrogen (secondary N) is 1. The molecule has 0 bridgehead atoms. The first kappa shape index (κ1) is 11.1. The van der Waals surface area contributed by atoms with Crippen molar-refractivity contribution in [1.29, 1.82) is 0 Å². The average Bonchev–Trinajstić information content (AvgIpc) is 2.79. The Morgan fingerprint density at radius 2 is 1.94 bits per heavy atom. The number of hydrogen-bond donors (Lipinski definition) is 2. The lowest BCUT2D eigenvalue weighted by Crippen LogP contribution is -2.31. The quantitative estimate of drug-likeness (QED) is 0.627. The second-order valence-electron chi connectivity index (χ2n) is 5.15. The first-order chi connectivity index (χ1) is 8.22. The molecule has 0 aliphatic heterocycles. The van der Waals surface area contributed by atoms with Crippen LogP contribution in [0.4, 0.5) is 8.78 Å². The lowest BCUT2D eigenvalue weighted by atomic mass is 9.97. The van der Waals surface area contributed by atoms with Gasteiger partial charge in [-0.05, 0) is 48.8 Å². The average molecular weight is 238 g/mol. The van der Waals surface area contributed by atoms with Gasteiger partial charge in [0.2, 0.25) is 0 Å². The molecule has 0 aromatic heterocycles. The minimum atomic E-state index is -0.410. The normalized spacial score (nSPS) is 32.3. The monoisotopic (exact) mass is 238 g/mol. The van der Waals surface area contributed by atoms with Gasteiger partial charge in [-0.3, -0.25) is 11.3 Å². The van der Waals surface area contributed by atoms with Crippen LogP contribution in [0, 0.1) is 29.4 Å². The summed E-state index contributed by atoms with van der Waals surface area (Å²) in [5.41, 5.74) is 3.04. The summed E-state index contributed by atoms with van der Waals surface area (Å²) in [5.74, 6) is 6.43. The fourth-order valence-electron chi connectivity index (χ4n) is 3.53. The zero-order valence-electron chi connectivity index (χ0n) is 9.50. The summed E-state index contributed by atoms with van der Waals surface area (Å²) >= 11 is 0. The van der Waals surface area contributed by atoms with Crippen molar-refractivity contribution in [2.24, 2.45) is 23.6 Å². The van der Waals surface area contributed by atoms with Crippen molar-refractivity contribution in [3.8, 4) is 0 Å². The van der Waals surface area contributed by atoms with Gasteiger partial charge >= 0.3 is 0 Å². The largest absolute Gasteiger partial charge is 0.271 e. The van der Waals surface area contributed by atoms with Crippen LogP contribution in [0.5, 0.6) is 0 Å². The van der Waals surface area contributed by atoms with Crippen LogP contribution in [0.25, 0.3) is 0 Å². The molecule has 3 unspecified atom stereocenters. The van der Waals surface area contributed by atoms with E-state index in [-0.39, 0.29) is 11.9 Å². The summed E-state index contributed by atoms with van der Waals surface area (Å²) < 4.78 is 26.9. The Labute approximate surface area is 99.2 Å². The molecular formula is C13H16F2N2. The Balaban J connectivity index is 1.88.